The van der Waals surface area contributed by atoms with Crippen LogP contribution in [-0.2, 0) is 13.0 Å². The van der Waals surface area contributed by atoms with Crippen LogP contribution >= 0.6 is 11.6 Å². The van der Waals surface area contributed by atoms with Crippen LogP contribution in [0.4, 0.5) is 0 Å². The van der Waals surface area contributed by atoms with Gasteiger partial charge >= 0.3 is 5.97 Å². The van der Waals surface area contributed by atoms with E-state index < -0.39 is 12.1 Å². The minimum absolute atomic E-state index is 0.116. The van der Waals surface area contributed by atoms with E-state index in [1.807, 2.05) is 30.3 Å². The molecule has 0 fully saturated rings. The number of hydrogen-bond donors (Lipinski definition) is 4. The minimum Gasteiger partial charge on any atom is -0.477 e. The normalized spacial score (nSPS) is 13.3. The first-order chi connectivity index (χ1) is 15.4. The number of nitrogens with zero attached hydrogens (tertiary/aromatic N) is 2. The predicted molar refractivity (Wildman–Crippen MR) is 124 cm³/mol. The van der Waals surface area contributed by atoms with E-state index in [1.165, 1.54) is 0 Å². The SMILES string of the molecule is CC(Cc1ccc2c(c1)cc(C(=O)O)n2Cc1ncc[nH]1)NCC(O)c1cccc(Cl)c1. The van der Waals surface area contributed by atoms with Crippen LogP contribution in [0.25, 0.3) is 10.9 Å². The largest absolute Gasteiger partial charge is 0.477 e. The number of aliphatic hydroxyl groups is 1. The number of benzene rings is 2. The number of carboxylic acid groups (broad SMARTS) is 1. The zero-order valence-electron chi connectivity index (χ0n) is 17.6. The Morgan fingerprint density at radius 3 is 2.81 bits per heavy atom. The smallest absolute Gasteiger partial charge is 0.352 e. The lowest BCUT2D eigenvalue weighted by atomic mass is 10.0. The Bertz CT molecular complexity index is 1220. The molecule has 8 heteroatoms. The second-order valence-corrected chi connectivity index (χ2v) is 8.37. The van der Waals surface area contributed by atoms with Crippen molar-refractivity contribution in [2.45, 2.75) is 32.0 Å². The van der Waals surface area contributed by atoms with Crippen molar-refractivity contribution in [2.24, 2.45) is 0 Å². The molecule has 0 radical (unpaired) electrons. The van der Waals surface area contributed by atoms with Gasteiger partial charge in [0, 0.05) is 40.9 Å². The number of nitrogens with one attached hydrogen (secondary N) is 2. The molecule has 0 spiro atoms. The quantitative estimate of drug-likeness (QED) is 0.307. The van der Waals surface area contributed by atoms with Gasteiger partial charge in [0.15, 0.2) is 0 Å². The first-order valence-corrected chi connectivity index (χ1v) is 10.8. The lowest BCUT2D eigenvalue weighted by Gasteiger charge is -2.18. The zero-order chi connectivity index (χ0) is 22.7. The van der Waals surface area contributed by atoms with Gasteiger partial charge in [-0.1, -0.05) is 29.8 Å². The highest BCUT2D eigenvalue weighted by Crippen LogP contribution is 2.23. The van der Waals surface area contributed by atoms with Gasteiger partial charge in [-0.2, -0.15) is 0 Å². The van der Waals surface area contributed by atoms with Crippen molar-refractivity contribution >= 4 is 28.5 Å². The van der Waals surface area contributed by atoms with E-state index in [4.69, 9.17) is 11.6 Å². The summed E-state index contributed by atoms with van der Waals surface area (Å²) in [5.74, 6) is -0.274. The molecule has 0 saturated carbocycles. The van der Waals surface area contributed by atoms with Crippen LogP contribution in [0.1, 0.15) is 40.5 Å². The fourth-order valence-corrected chi connectivity index (χ4v) is 4.10. The van der Waals surface area contributed by atoms with E-state index in [9.17, 15) is 15.0 Å². The molecule has 2 aromatic heterocycles. The second kappa shape index (κ2) is 9.56. The van der Waals surface area contributed by atoms with Crippen LogP contribution in [-0.4, -0.2) is 43.3 Å². The van der Waals surface area contributed by atoms with Crippen LogP contribution in [0, 0.1) is 0 Å². The number of rotatable bonds is 9. The molecule has 0 aliphatic carbocycles. The number of aromatic carboxylic acids is 1. The third-order valence-corrected chi connectivity index (χ3v) is 5.72. The number of aliphatic hydroxyl groups excluding tert-OH is 1. The van der Waals surface area contributed by atoms with Gasteiger partial charge in [0.1, 0.15) is 11.5 Å². The maximum Gasteiger partial charge on any atom is 0.352 e. The molecule has 2 unspecified atom stereocenters. The molecule has 2 atom stereocenters. The molecule has 0 amide bonds. The van der Waals surface area contributed by atoms with Crippen LogP contribution in [0.2, 0.25) is 5.02 Å². The van der Waals surface area contributed by atoms with E-state index in [1.54, 1.807) is 35.2 Å². The Balaban J connectivity index is 1.46. The molecule has 4 aromatic rings. The van der Waals surface area contributed by atoms with Crippen LogP contribution < -0.4 is 5.32 Å². The van der Waals surface area contributed by atoms with E-state index in [-0.39, 0.29) is 11.7 Å². The summed E-state index contributed by atoms with van der Waals surface area (Å²) in [7, 11) is 0. The van der Waals surface area contributed by atoms with Gasteiger partial charge in [0.2, 0.25) is 0 Å². The Morgan fingerprint density at radius 2 is 2.09 bits per heavy atom. The second-order valence-electron chi connectivity index (χ2n) is 7.93. The summed E-state index contributed by atoms with van der Waals surface area (Å²) in [6, 6.07) is 15.0. The van der Waals surface area contributed by atoms with Crippen molar-refractivity contribution in [3.63, 3.8) is 0 Å². The monoisotopic (exact) mass is 452 g/mol. The summed E-state index contributed by atoms with van der Waals surface area (Å²) in [6.45, 7) is 2.82. The highest BCUT2D eigenvalue weighted by Gasteiger charge is 2.17. The van der Waals surface area contributed by atoms with Gasteiger partial charge < -0.3 is 25.1 Å². The van der Waals surface area contributed by atoms with E-state index in [0.29, 0.717) is 23.9 Å². The molecular weight excluding hydrogens is 428 g/mol. The van der Waals surface area contributed by atoms with Gasteiger partial charge in [0.05, 0.1) is 12.6 Å². The number of carbonyl (C=O) groups is 1. The van der Waals surface area contributed by atoms with Crippen molar-refractivity contribution in [3.05, 3.63) is 88.6 Å². The van der Waals surface area contributed by atoms with E-state index >= 15 is 0 Å². The number of aromatic nitrogens is 3. The fraction of sp³-hybridized carbons (Fsp3) is 0.250. The fourth-order valence-electron chi connectivity index (χ4n) is 3.90. The summed E-state index contributed by atoms with van der Waals surface area (Å²) in [5, 5.41) is 24.9. The number of H-pyrrole nitrogens is 1. The first-order valence-electron chi connectivity index (χ1n) is 10.4. The summed E-state index contributed by atoms with van der Waals surface area (Å²) < 4.78 is 1.75. The molecule has 7 nitrogen and oxygen atoms in total. The molecule has 0 aliphatic heterocycles. The molecule has 2 aromatic carbocycles. The van der Waals surface area contributed by atoms with Crippen LogP contribution in [0.5, 0.6) is 0 Å². The number of imidazole rings is 1. The molecular formula is C24H25ClN4O3. The maximum absolute atomic E-state index is 11.8. The van der Waals surface area contributed by atoms with Crippen LogP contribution in [0.3, 0.4) is 0 Å². The third-order valence-electron chi connectivity index (χ3n) is 5.48. The summed E-state index contributed by atoms with van der Waals surface area (Å²) in [5.41, 5.74) is 2.93. The average Bonchev–Trinajstić information content (AvgIpc) is 3.40. The molecule has 0 saturated heterocycles. The number of fused-ring (bicyclic) bond motifs is 1. The van der Waals surface area contributed by atoms with E-state index in [2.05, 4.69) is 22.2 Å². The predicted octanol–water partition coefficient (Wildman–Crippen LogP) is 4.02. The highest BCUT2D eigenvalue weighted by molar-refractivity contribution is 6.30. The molecule has 0 aliphatic rings. The van der Waals surface area contributed by atoms with E-state index in [0.717, 1.165) is 28.5 Å². The van der Waals surface area contributed by atoms with Gasteiger partial charge in [-0.25, -0.2) is 9.78 Å². The minimum atomic E-state index is -0.973. The summed E-state index contributed by atoms with van der Waals surface area (Å²) in [4.78, 5) is 19.0. The van der Waals surface area contributed by atoms with Crippen molar-refractivity contribution in [3.8, 4) is 0 Å². The number of halogens is 1. The Labute approximate surface area is 190 Å². The lowest BCUT2D eigenvalue weighted by Crippen LogP contribution is -2.32. The van der Waals surface area contributed by atoms with Crippen molar-refractivity contribution in [1.82, 2.24) is 19.9 Å². The molecule has 166 valence electrons. The standard InChI is InChI=1S/C24H25ClN4O3/c1-15(28-13-22(30)17-3-2-4-19(25)11-17)9-16-5-6-20-18(10-16)12-21(24(31)32)29(20)14-23-26-7-8-27-23/h2-8,10-12,15,22,28,30H,9,13-14H2,1H3,(H,26,27)(H,31,32). The van der Waals surface area contributed by atoms with Crippen molar-refractivity contribution in [2.75, 3.05) is 6.54 Å². The highest BCUT2D eigenvalue weighted by atomic mass is 35.5. The maximum atomic E-state index is 11.8. The summed E-state index contributed by atoms with van der Waals surface area (Å²) >= 11 is 6.00. The Morgan fingerprint density at radius 1 is 1.25 bits per heavy atom. The van der Waals surface area contributed by atoms with Crippen molar-refractivity contribution in [1.29, 1.82) is 0 Å². The Hall–Kier alpha value is -3.13. The summed E-state index contributed by atoms with van der Waals surface area (Å²) in [6.07, 6.45) is 3.46. The van der Waals surface area contributed by atoms with Gasteiger partial charge in [-0.05, 0) is 54.8 Å². The zero-order valence-corrected chi connectivity index (χ0v) is 18.4. The molecule has 2 heterocycles. The van der Waals surface area contributed by atoms with Crippen LogP contribution in [0.15, 0.2) is 60.9 Å². The average molecular weight is 453 g/mol. The van der Waals surface area contributed by atoms with Gasteiger partial charge in [0.25, 0.3) is 0 Å². The Kier molecular flexibility index (Phi) is 6.60. The first kappa shape index (κ1) is 22.1. The third kappa shape index (κ3) is 5.02. The number of aromatic amines is 1. The molecule has 4 N–H and O–H groups in total. The molecule has 4 rings (SSSR count). The molecule has 0 bridgehead atoms. The topological polar surface area (TPSA) is 103 Å². The number of hydrogen-bond acceptors (Lipinski definition) is 4. The number of carboxylic acids is 1. The van der Waals surface area contributed by atoms with Gasteiger partial charge in [-0.15, -0.1) is 0 Å². The lowest BCUT2D eigenvalue weighted by molar-refractivity contribution is 0.0686. The molecule has 32 heavy (non-hydrogen) atoms. The van der Waals surface area contributed by atoms with Crippen molar-refractivity contribution < 1.29 is 15.0 Å². The van der Waals surface area contributed by atoms with Gasteiger partial charge in [-0.3, -0.25) is 0 Å².